The number of rotatable bonds is 1. The minimum absolute atomic E-state index is 0.0345. The third-order valence-corrected chi connectivity index (χ3v) is 1.53. The fourth-order valence-corrected chi connectivity index (χ4v) is 0.927. The van der Waals surface area contributed by atoms with Gasteiger partial charge in [-0.3, -0.25) is 14.7 Å². The molecule has 0 saturated heterocycles. The Bertz CT molecular complexity index is 565. The van der Waals surface area contributed by atoms with Crippen molar-refractivity contribution >= 4 is 5.82 Å². The molecule has 0 aliphatic heterocycles. The van der Waals surface area contributed by atoms with Crippen molar-refractivity contribution in [2.24, 2.45) is 0 Å². The van der Waals surface area contributed by atoms with E-state index in [2.05, 4.69) is 20.0 Å². The maximum Gasteiger partial charge on any atom is 0.271 e. The van der Waals surface area contributed by atoms with Gasteiger partial charge in [0.05, 0.1) is 0 Å². The first-order valence-electron chi connectivity index (χ1n) is 3.59. The van der Waals surface area contributed by atoms with E-state index in [1.54, 1.807) is 0 Å². The molecule has 0 bridgehead atoms. The Hall–Kier alpha value is -2.38. The number of nitrogen functional groups attached to an aromatic ring is 1. The molecule has 0 unspecified atom stereocenters. The van der Waals surface area contributed by atoms with E-state index in [1.165, 1.54) is 0 Å². The molecule has 0 aromatic carbocycles. The Morgan fingerprint density at radius 1 is 1.36 bits per heavy atom. The predicted octanol–water partition coefficient (Wildman–Crippen LogP) is -1.51. The van der Waals surface area contributed by atoms with Crippen LogP contribution in [-0.2, 0) is 0 Å². The lowest BCUT2D eigenvalue weighted by atomic mass is 10.5. The zero-order valence-electron chi connectivity index (χ0n) is 6.80. The first-order chi connectivity index (χ1) is 6.68. The molecule has 3 N–H and O–H groups in total. The number of hydrogen-bond donors (Lipinski definition) is 2. The number of hydrogen-bond acceptors (Lipinski definition) is 6. The van der Waals surface area contributed by atoms with Gasteiger partial charge in [-0.05, 0) is 10.3 Å². The Morgan fingerprint density at radius 3 is 2.79 bits per heavy atom. The van der Waals surface area contributed by atoms with Gasteiger partial charge in [0.25, 0.3) is 11.1 Å². The highest BCUT2D eigenvalue weighted by Crippen LogP contribution is 2.05. The Balaban J connectivity index is 2.74. The molecule has 0 atom stereocenters. The average molecular weight is 195 g/mol. The van der Waals surface area contributed by atoms with Crippen LogP contribution in [0.4, 0.5) is 5.82 Å². The number of aromatic amines is 1. The van der Waals surface area contributed by atoms with Gasteiger partial charge in [0.15, 0.2) is 0 Å². The molecule has 0 saturated carbocycles. The SMILES string of the molecule is Nc1nonc1-n1[nH]c(=O)ccc1=O. The van der Waals surface area contributed by atoms with E-state index >= 15 is 0 Å². The fraction of sp³-hybridized carbons (Fsp3) is 0. The Labute approximate surface area is 75.9 Å². The van der Waals surface area contributed by atoms with Crippen molar-refractivity contribution in [3.63, 3.8) is 0 Å². The second-order valence-corrected chi connectivity index (χ2v) is 2.46. The van der Waals surface area contributed by atoms with E-state index in [0.717, 1.165) is 16.8 Å². The average Bonchev–Trinajstić information content (AvgIpc) is 2.56. The zero-order chi connectivity index (χ0) is 10.1. The summed E-state index contributed by atoms with van der Waals surface area (Å²) in [5.41, 5.74) is 4.41. The Kier molecular flexibility index (Phi) is 1.67. The lowest BCUT2D eigenvalue weighted by Crippen LogP contribution is -2.27. The van der Waals surface area contributed by atoms with Gasteiger partial charge in [0, 0.05) is 12.1 Å². The quantitative estimate of drug-likeness (QED) is 0.570. The predicted molar refractivity (Wildman–Crippen MR) is 44.9 cm³/mol. The molecule has 0 amide bonds. The molecule has 2 rings (SSSR count). The highest BCUT2D eigenvalue weighted by atomic mass is 16.6. The molecule has 2 aromatic heterocycles. The number of nitrogens with one attached hydrogen (secondary N) is 1. The molecule has 0 fully saturated rings. The lowest BCUT2D eigenvalue weighted by molar-refractivity contribution is 0.306. The zero-order valence-corrected chi connectivity index (χ0v) is 6.80. The number of nitrogens with two attached hydrogens (primary N) is 1. The number of anilines is 1. The summed E-state index contributed by atoms with van der Waals surface area (Å²) in [4.78, 5) is 22.2. The van der Waals surface area contributed by atoms with Crippen LogP contribution < -0.4 is 16.9 Å². The van der Waals surface area contributed by atoms with E-state index in [9.17, 15) is 9.59 Å². The standard InChI is InChI=1S/C6H5N5O3/c7-5-6(10-14-9-5)11-4(13)2-1-3(12)8-11/h1-2H,(H2,7,9)(H,8,12). The minimum atomic E-state index is -0.480. The number of aromatic nitrogens is 4. The van der Waals surface area contributed by atoms with E-state index < -0.39 is 11.1 Å². The van der Waals surface area contributed by atoms with Crippen LogP contribution in [0.25, 0.3) is 5.82 Å². The maximum absolute atomic E-state index is 11.2. The molecule has 8 heteroatoms. The molecule has 0 radical (unpaired) electrons. The van der Waals surface area contributed by atoms with Gasteiger partial charge in [0.2, 0.25) is 11.6 Å². The first-order valence-corrected chi connectivity index (χ1v) is 3.59. The smallest absolute Gasteiger partial charge is 0.271 e. The number of H-pyrrole nitrogens is 1. The van der Waals surface area contributed by atoms with Gasteiger partial charge in [-0.25, -0.2) is 4.63 Å². The van der Waals surface area contributed by atoms with Gasteiger partial charge in [-0.15, -0.1) is 0 Å². The first kappa shape index (κ1) is 8.23. The van der Waals surface area contributed by atoms with Crippen molar-refractivity contribution in [3.05, 3.63) is 32.8 Å². The van der Waals surface area contributed by atoms with Crippen LogP contribution in [-0.4, -0.2) is 20.1 Å². The number of nitrogens with zero attached hydrogens (tertiary/aromatic N) is 3. The molecule has 72 valence electrons. The topological polar surface area (TPSA) is 120 Å². The molecule has 8 nitrogen and oxygen atoms in total. The summed E-state index contributed by atoms with van der Waals surface area (Å²) in [6, 6.07) is 2.19. The van der Waals surface area contributed by atoms with Crippen molar-refractivity contribution in [1.29, 1.82) is 0 Å². The van der Waals surface area contributed by atoms with Gasteiger partial charge in [-0.2, -0.15) is 4.68 Å². The summed E-state index contributed by atoms with van der Waals surface area (Å²) in [7, 11) is 0. The van der Waals surface area contributed by atoms with Crippen LogP contribution >= 0.6 is 0 Å². The third-order valence-electron chi connectivity index (χ3n) is 1.53. The van der Waals surface area contributed by atoms with Gasteiger partial charge >= 0.3 is 0 Å². The van der Waals surface area contributed by atoms with Crippen molar-refractivity contribution in [3.8, 4) is 5.82 Å². The summed E-state index contributed by atoms with van der Waals surface area (Å²) >= 11 is 0. The monoisotopic (exact) mass is 195 g/mol. The maximum atomic E-state index is 11.2. The summed E-state index contributed by atoms with van der Waals surface area (Å²) < 4.78 is 5.14. The molecular weight excluding hydrogens is 190 g/mol. The molecule has 0 spiro atoms. The second kappa shape index (κ2) is 2.83. The van der Waals surface area contributed by atoms with Crippen LogP contribution in [0.5, 0.6) is 0 Å². The van der Waals surface area contributed by atoms with E-state index in [1.807, 2.05) is 0 Å². The highest BCUT2D eigenvalue weighted by Gasteiger charge is 2.10. The molecular formula is C6H5N5O3. The molecule has 2 heterocycles. The van der Waals surface area contributed by atoms with Crippen LogP contribution in [0.1, 0.15) is 0 Å². The van der Waals surface area contributed by atoms with Crippen molar-refractivity contribution < 1.29 is 4.63 Å². The van der Waals surface area contributed by atoms with Crippen molar-refractivity contribution in [2.75, 3.05) is 5.73 Å². The second-order valence-electron chi connectivity index (χ2n) is 2.46. The molecule has 14 heavy (non-hydrogen) atoms. The van der Waals surface area contributed by atoms with Crippen LogP contribution in [0.15, 0.2) is 26.4 Å². The minimum Gasteiger partial charge on any atom is -0.378 e. The summed E-state index contributed by atoms with van der Waals surface area (Å²) in [6.07, 6.45) is 0. The summed E-state index contributed by atoms with van der Waals surface area (Å²) in [6.45, 7) is 0. The third kappa shape index (κ3) is 1.18. The van der Waals surface area contributed by atoms with Gasteiger partial charge < -0.3 is 5.73 Å². The molecule has 2 aromatic rings. The summed E-state index contributed by atoms with van der Waals surface area (Å²) in [5.74, 6) is -0.110. The molecule has 0 aliphatic rings. The van der Waals surface area contributed by atoms with Crippen LogP contribution in [0.2, 0.25) is 0 Å². The largest absolute Gasteiger partial charge is 0.378 e. The lowest BCUT2D eigenvalue weighted by Gasteiger charge is -1.97. The van der Waals surface area contributed by atoms with Crippen molar-refractivity contribution in [1.82, 2.24) is 20.1 Å². The van der Waals surface area contributed by atoms with E-state index in [-0.39, 0.29) is 11.6 Å². The fourth-order valence-electron chi connectivity index (χ4n) is 0.927. The van der Waals surface area contributed by atoms with E-state index in [0.29, 0.717) is 0 Å². The van der Waals surface area contributed by atoms with E-state index in [4.69, 9.17) is 5.73 Å². The highest BCUT2D eigenvalue weighted by molar-refractivity contribution is 5.43. The summed E-state index contributed by atoms with van der Waals surface area (Å²) in [5, 5.41) is 8.87. The van der Waals surface area contributed by atoms with Gasteiger partial charge in [-0.1, -0.05) is 0 Å². The van der Waals surface area contributed by atoms with Crippen molar-refractivity contribution in [2.45, 2.75) is 0 Å². The molecule has 0 aliphatic carbocycles. The normalized spacial score (nSPS) is 10.3. The Morgan fingerprint density at radius 2 is 2.14 bits per heavy atom. The van der Waals surface area contributed by atoms with Crippen LogP contribution in [0, 0.1) is 0 Å². The van der Waals surface area contributed by atoms with Crippen LogP contribution in [0.3, 0.4) is 0 Å². The van der Waals surface area contributed by atoms with Gasteiger partial charge in [0.1, 0.15) is 0 Å².